The fourth-order valence-corrected chi connectivity index (χ4v) is 4.17. The quantitative estimate of drug-likeness (QED) is 0.169. The van der Waals surface area contributed by atoms with Gasteiger partial charge in [-0.3, -0.25) is 0 Å². The van der Waals surface area contributed by atoms with Crippen molar-refractivity contribution in [1.29, 1.82) is 0 Å². The minimum absolute atomic E-state index is 0. The van der Waals surface area contributed by atoms with Gasteiger partial charge in [0, 0.05) is 25.2 Å². The highest BCUT2D eigenvalue weighted by Gasteiger charge is 2.24. The van der Waals surface area contributed by atoms with E-state index < -0.39 is 15.6 Å². The van der Waals surface area contributed by atoms with Crippen molar-refractivity contribution in [3.05, 3.63) is 29.8 Å². The molecule has 0 saturated heterocycles. The smallest absolute Gasteiger partial charge is 0.241 e. The maximum Gasteiger partial charge on any atom is 0.241 e. The van der Waals surface area contributed by atoms with Crippen molar-refractivity contribution in [2.24, 2.45) is 10.9 Å². The van der Waals surface area contributed by atoms with Gasteiger partial charge in [0.05, 0.1) is 18.0 Å². The Balaban J connectivity index is 0.00000841. The van der Waals surface area contributed by atoms with Gasteiger partial charge in [-0.25, -0.2) is 18.1 Å². The van der Waals surface area contributed by atoms with Gasteiger partial charge in [0.2, 0.25) is 10.0 Å². The summed E-state index contributed by atoms with van der Waals surface area (Å²) in [6.45, 7) is 14.7. The summed E-state index contributed by atoms with van der Waals surface area (Å²) in [4.78, 5) is 4.80. The highest BCUT2D eigenvalue weighted by molar-refractivity contribution is 14.0. The van der Waals surface area contributed by atoms with E-state index in [1.165, 1.54) is 0 Å². The van der Waals surface area contributed by atoms with Crippen molar-refractivity contribution in [3.63, 3.8) is 0 Å². The van der Waals surface area contributed by atoms with Gasteiger partial charge in [-0.05, 0) is 51.7 Å². The summed E-state index contributed by atoms with van der Waals surface area (Å²) in [6.07, 6.45) is 1.04. The number of hydrogen-bond donors (Lipinski definition) is 3. The Labute approximate surface area is 199 Å². The van der Waals surface area contributed by atoms with Crippen molar-refractivity contribution in [3.8, 4) is 0 Å². The lowest BCUT2D eigenvalue weighted by Gasteiger charge is -2.21. The van der Waals surface area contributed by atoms with Crippen LogP contribution in [0.15, 0.2) is 34.2 Å². The van der Waals surface area contributed by atoms with Crippen LogP contribution in [0.4, 0.5) is 0 Å². The maximum absolute atomic E-state index is 12.8. The maximum atomic E-state index is 12.8. The Morgan fingerprint density at radius 1 is 1.13 bits per heavy atom. The van der Waals surface area contributed by atoms with Crippen LogP contribution in [-0.2, 0) is 21.3 Å². The fourth-order valence-electron chi connectivity index (χ4n) is 2.52. The third-order valence-corrected chi connectivity index (χ3v) is 5.69. The molecule has 174 valence electrons. The zero-order chi connectivity index (χ0) is 21.9. The SMILES string of the molecule is CCNC(=NCc1ccccc1S(=O)(=O)NC(C)(C)C)NCCOCCC(C)C.I. The number of aliphatic imine (C=N–C) groups is 1. The number of rotatable bonds is 11. The van der Waals surface area contributed by atoms with Crippen molar-refractivity contribution >= 4 is 40.0 Å². The number of ether oxygens (including phenoxy) is 1. The van der Waals surface area contributed by atoms with E-state index in [9.17, 15) is 8.42 Å². The molecule has 7 nitrogen and oxygen atoms in total. The average molecular weight is 555 g/mol. The van der Waals surface area contributed by atoms with E-state index in [0.717, 1.165) is 13.0 Å². The Kier molecular flexibility index (Phi) is 13.8. The molecule has 0 saturated carbocycles. The molecular formula is C21H39IN4O3S. The highest BCUT2D eigenvalue weighted by Crippen LogP contribution is 2.18. The number of hydrogen-bond acceptors (Lipinski definition) is 4. The first kappa shape index (κ1) is 29.1. The number of halogens is 1. The molecule has 0 aromatic heterocycles. The topological polar surface area (TPSA) is 91.8 Å². The minimum Gasteiger partial charge on any atom is -0.380 e. The van der Waals surface area contributed by atoms with Gasteiger partial charge >= 0.3 is 0 Å². The van der Waals surface area contributed by atoms with E-state index in [2.05, 4.69) is 34.2 Å². The third-order valence-electron chi connectivity index (χ3n) is 3.83. The number of nitrogens with zero attached hydrogens (tertiary/aromatic N) is 1. The lowest BCUT2D eigenvalue weighted by atomic mass is 10.1. The second-order valence-corrected chi connectivity index (χ2v) is 10.0. The molecule has 30 heavy (non-hydrogen) atoms. The zero-order valence-corrected chi connectivity index (χ0v) is 22.3. The molecule has 1 rings (SSSR count). The molecular weight excluding hydrogens is 515 g/mol. The molecule has 0 spiro atoms. The molecule has 0 heterocycles. The van der Waals surface area contributed by atoms with Crippen LogP contribution in [0.1, 0.15) is 53.5 Å². The van der Waals surface area contributed by atoms with E-state index in [1.54, 1.807) is 18.2 Å². The van der Waals surface area contributed by atoms with E-state index in [-0.39, 0.29) is 35.4 Å². The third kappa shape index (κ3) is 12.1. The van der Waals surface area contributed by atoms with E-state index in [0.29, 0.717) is 37.1 Å². The standard InChI is InChI=1S/C21H38N4O3S.HI/c1-7-22-20(23-13-15-28-14-12-17(2)3)24-16-18-10-8-9-11-19(18)29(26,27)25-21(4,5)6;/h8-11,17,25H,7,12-16H2,1-6H3,(H2,22,23,24);1H. The van der Waals surface area contributed by atoms with Crippen LogP contribution in [0.5, 0.6) is 0 Å². The predicted octanol–water partition coefficient (Wildman–Crippen LogP) is 3.50. The molecule has 0 aliphatic heterocycles. The summed E-state index contributed by atoms with van der Waals surface area (Å²) in [5.74, 6) is 1.27. The number of benzene rings is 1. The van der Waals surface area contributed by atoms with Crippen LogP contribution >= 0.6 is 24.0 Å². The van der Waals surface area contributed by atoms with Gasteiger partial charge in [-0.1, -0.05) is 32.0 Å². The summed E-state index contributed by atoms with van der Waals surface area (Å²) >= 11 is 0. The average Bonchev–Trinajstić information content (AvgIpc) is 2.60. The predicted molar refractivity (Wildman–Crippen MR) is 135 cm³/mol. The Morgan fingerprint density at radius 2 is 1.80 bits per heavy atom. The molecule has 0 fully saturated rings. The van der Waals surface area contributed by atoms with E-state index in [1.807, 2.05) is 33.8 Å². The first-order valence-electron chi connectivity index (χ1n) is 10.3. The largest absolute Gasteiger partial charge is 0.380 e. The molecule has 3 N–H and O–H groups in total. The molecule has 9 heteroatoms. The van der Waals surface area contributed by atoms with Crippen molar-refractivity contribution in [1.82, 2.24) is 15.4 Å². The molecule has 1 aromatic carbocycles. The van der Waals surface area contributed by atoms with Crippen molar-refractivity contribution < 1.29 is 13.2 Å². The molecule has 0 amide bonds. The lowest BCUT2D eigenvalue weighted by Crippen LogP contribution is -2.41. The van der Waals surface area contributed by atoms with Crippen LogP contribution in [0, 0.1) is 5.92 Å². The minimum atomic E-state index is -3.62. The summed E-state index contributed by atoms with van der Waals surface area (Å²) in [5, 5.41) is 6.40. The molecule has 0 radical (unpaired) electrons. The van der Waals surface area contributed by atoms with Crippen molar-refractivity contribution in [2.75, 3.05) is 26.3 Å². The Hall–Kier alpha value is -0.910. The zero-order valence-electron chi connectivity index (χ0n) is 19.1. The molecule has 0 bridgehead atoms. The van der Waals surface area contributed by atoms with E-state index in [4.69, 9.17) is 4.74 Å². The number of guanidine groups is 1. The van der Waals surface area contributed by atoms with E-state index >= 15 is 0 Å². The van der Waals surface area contributed by atoms with Gasteiger partial charge in [0.1, 0.15) is 0 Å². The van der Waals surface area contributed by atoms with Gasteiger partial charge in [-0.15, -0.1) is 24.0 Å². The van der Waals surface area contributed by atoms with Crippen LogP contribution < -0.4 is 15.4 Å². The summed E-state index contributed by atoms with van der Waals surface area (Å²) in [7, 11) is -3.62. The highest BCUT2D eigenvalue weighted by atomic mass is 127. The summed E-state index contributed by atoms with van der Waals surface area (Å²) < 4.78 is 33.8. The van der Waals surface area contributed by atoms with Crippen LogP contribution in [0.25, 0.3) is 0 Å². The second-order valence-electron chi connectivity index (χ2n) is 8.38. The summed E-state index contributed by atoms with van der Waals surface area (Å²) in [5.41, 5.74) is 0.0935. The fraction of sp³-hybridized carbons (Fsp3) is 0.667. The van der Waals surface area contributed by atoms with Crippen molar-refractivity contribution in [2.45, 2.75) is 64.9 Å². The Bertz CT molecular complexity index is 747. The number of nitrogens with one attached hydrogen (secondary N) is 3. The second kappa shape index (κ2) is 14.2. The van der Waals surface area contributed by atoms with Gasteiger partial charge in [0.15, 0.2) is 5.96 Å². The van der Waals surface area contributed by atoms with Crippen LogP contribution in [0.2, 0.25) is 0 Å². The van der Waals surface area contributed by atoms with Gasteiger partial charge in [0.25, 0.3) is 0 Å². The Morgan fingerprint density at radius 3 is 2.40 bits per heavy atom. The van der Waals surface area contributed by atoms with Gasteiger partial charge < -0.3 is 15.4 Å². The molecule has 0 aliphatic rings. The monoisotopic (exact) mass is 554 g/mol. The van der Waals surface area contributed by atoms with Crippen LogP contribution in [-0.4, -0.2) is 46.2 Å². The molecule has 0 aliphatic carbocycles. The normalized spacial score (nSPS) is 12.6. The molecule has 0 unspecified atom stereocenters. The number of sulfonamides is 1. The summed E-state index contributed by atoms with van der Waals surface area (Å²) in [6, 6.07) is 6.95. The lowest BCUT2D eigenvalue weighted by molar-refractivity contribution is 0.128. The van der Waals surface area contributed by atoms with Gasteiger partial charge in [-0.2, -0.15) is 0 Å². The first-order chi connectivity index (χ1) is 13.5. The molecule has 0 atom stereocenters. The first-order valence-corrected chi connectivity index (χ1v) is 11.7. The molecule has 1 aromatic rings. The van der Waals surface area contributed by atoms with Crippen LogP contribution in [0.3, 0.4) is 0 Å².